The van der Waals surface area contributed by atoms with Crippen molar-refractivity contribution in [1.29, 1.82) is 0 Å². The molecule has 1 aromatic carbocycles. The Bertz CT molecular complexity index is 389. The molecule has 0 spiro atoms. The number of ether oxygens (including phenoxy) is 1. The van der Waals surface area contributed by atoms with E-state index in [4.69, 9.17) is 16.3 Å². The summed E-state index contributed by atoms with van der Waals surface area (Å²) in [6.45, 7) is 1.92. The Balaban J connectivity index is 2.31. The van der Waals surface area contributed by atoms with Gasteiger partial charge in [0.15, 0.2) is 11.2 Å². The van der Waals surface area contributed by atoms with E-state index in [1.807, 2.05) is 30.3 Å². The molecule has 0 amide bonds. The molecular weight excluding hydrogens is 252 g/mol. The number of aryl methyl sites for hydroxylation is 1. The Labute approximate surface area is 112 Å². The highest BCUT2D eigenvalue weighted by atomic mass is 35.5. The molecule has 0 heterocycles. The Morgan fingerprint density at radius 3 is 2.56 bits per heavy atom. The number of ketones is 1. The molecule has 0 saturated carbocycles. The van der Waals surface area contributed by atoms with E-state index < -0.39 is 11.3 Å². The first-order valence-corrected chi connectivity index (χ1v) is 6.46. The van der Waals surface area contributed by atoms with Gasteiger partial charge in [0.2, 0.25) is 0 Å². The van der Waals surface area contributed by atoms with Gasteiger partial charge in [-0.25, -0.2) is 4.79 Å². The molecule has 18 heavy (non-hydrogen) atoms. The molecule has 0 saturated heterocycles. The lowest BCUT2D eigenvalue weighted by Gasteiger charge is -2.07. The van der Waals surface area contributed by atoms with Crippen LogP contribution in [0.1, 0.15) is 25.3 Å². The van der Waals surface area contributed by atoms with E-state index in [0.29, 0.717) is 12.8 Å². The number of rotatable bonds is 7. The van der Waals surface area contributed by atoms with Gasteiger partial charge in [0.25, 0.3) is 0 Å². The van der Waals surface area contributed by atoms with Crippen molar-refractivity contribution in [1.82, 2.24) is 0 Å². The molecule has 0 fully saturated rings. The molecule has 1 aromatic rings. The number of hydrogen-bond acceptors (Lipinski definition) is 3. The second-order valence-corrected chi connectivity index (χ2v) is 4.36. The smallest absolute Gasteiger partial charge is 0.331 e. The highest BCUT2D eigenvalue weighted by molar-refractivity contribution is 6.41. The van der Waals surface area contributed by atoms with E-state index in [1.165, 1.54) is 5.56 Å². The molecule has 98 valence electrons. The summed E-state index contributed by atoms with van der Waals surface area (Å²) in [6.07, 6.45) is 1.78. The maximum atomic E-state index is 11.6. The minimum atomic E-state index is -1.17. The SMILES string of the molecule is CCOC(=O)C(Cl)C(=O)CCCc1ccccc1. The highest BCUT2D eigenvalue weighted by Gasteiger charge is 2.24. The van der Waals surface area contributed by atoms with Crippen LogP contribution in [0.4, 0.5) is 0 Å². The van der Waals surface area contributed by atoms with Crippen molar-refractivity contribution < 1.29 is 14.3 Å². The fourth-order valence-corrected chi connectivity index (χ4v) is 1.76. The van der Waals surface area contributed by atoms with Crippen LogP contribution in [0, 0.1) is 0 Å². The first-order chi connectivity index (χ1) is 8.65. The Kier molecular flexibility index (Phi) is 6.44. The zero-order valence-electron chi connectivity index (χ0n) is 10.4. The standard InChI is InChI=1S/C14H17ClO3/c1-2-18-14(17)13(15)12(16)10-6-9-11-7-4-3-5-8-11/h3-5,7-8,13H,2,6,9-10H2,1H3. The summed E-state index contributed by atoms with van der Waals surface area (Å²) < 4.78 is 4.70. The third kappa shape index (κ3) is 4.88. The lowest BCUT2D eigenvalue weighted by molar-refractivity contribution is -0.145. The molecule has 0 radical (unpaired) electrons. The summed E-state index contributed by atoms with van der Waals surface area (Å²) in [4.78, 5) is 22.9. The largest absolute Gasteiger partial charge is 0.465 e. The molecule has 3 nitrogen and oxygen atoms in total. The molecule has 1 atom stereocenters. The number of halogens is 1. The van der Waals surface area contributed by atoms with Gasteiger partial charge in [0.1, 0.15) is 0 Å². The predicted octanol–water partition coefficient (Wildman–Crippen LogP) is 2.75. The maximum absolute atomic E-state index is 11.6. The normalized spacial score (nSPS) is 11.9. The van der Waals surface area contributed by atoms with Crippen LogP contribution >= 0.6 is 11.6 Å². The average Bonchev–Trinajstić information content (AvgIpc) is 2.39. The van der Waals surface area contributed by atoms with Crippen LogP contribution in [0.25, 0.3) is 0 Å². The molecule has 0 aliphatic heterocycles. The topological polar surface area (TPSA) is 43.4 Å². The van der Waals surface area contributed by atoms with Crippen molar-refractivity contribution in [2.45, 2.75) is 31.6 Å². The second-order valence-electron chi connectivity index (χ2n) is 3.92. The van der Waals surface area contributed by atoms with Gasteiger partial charge in [-0.3, -0.25) is 4.79 Å². The maximum Gasteiger partial charge on any atom is 0.331 e. The van der Waals surface area contributed by atoms with E-state index in [9.17, 15) is 9.59 Å². The van der Waals surface area contributed by atoms with Gasteiger partial charge < -0.3 is 4.74 Å². The molecule has 0 aliphatic rings. The van der Waals surface area contributed by atoms with Crippen LogP contribution in [0.5, 0.6) is 0 Å². The Hall–Kier alpha value is -1.35. The van der Waals surface area contributed by atoms with Gasteiger partial charge in [-0.15, -0.1) is 11.6 Å². The summed E-state index contributed by atoms with van der Waals surface area (Å²) in [6, 6.07) is 9.88. The quantitative estimate of drug-likeness (QED) is 0.434. The number of carbonyl (C=O) groups excluding carboxylic acids is 2. The van der Waals surface area contributed by atoms with Crippen LogP contribution in [0.2, 0.25) is 0 Å². The first-order valence-electron chi connectivity index (χ1n) is 6.02. The van der Waals surface area contributed by atoms with Crippen LogP contribution in [-0.2, 0) is 20.7 Å². The van der Waals surface area contributed by atoms with Crippen molar-refractivity contribution in [2.24, 2.45) is 0 Å². The fraction of sp³-hybridized carbons (Fsp3) is 0.429. The zero-order chi connectivity index (χ0) is 13.4. The van der Waals surface area contributed by atoms with Crippen molar-refractivity contribution in [3.63, 3.8) is 0 Å². The monoisotopic (exact) mass is 268 g/mol. The minimum absolute atomic E-state index is 0.235. The lowest BCUT2D eigenvalue weighted by Crippen LogP contribution is -2.26. The minimum Gasteiger partial charge on any atom is -0.465 e. The van der Waals surface area contributed by atoms with Crippen molar-refractivity contribution in [3.05, 3.63) is 35.9 Å². The fourth-order valence-electron chi connectivity index (χ4n) is 1.59. The second kappa shape index (κ2) is 7.88. The molecule has 1 unspecified atom stereocenters. The van der Waals surface area contributed by atoms with Crippen LogP contribution in [0.3, 0.4) is 0 Å². The van der Waals surface area contributed by atoms with Crippen LogP contribution < -0.4 is 0 Å². The number of alkyl halides is 1. The summed E-state index contributed by atoms with van der Waals surface area (Å²) in [5.74, 6) is -0.921. The van der Waals surface area contributed by atoms with E-state index >= 15 is 0 Å². The molecule has 0 aromatic heterocycles. The van der Waals surface area contributed by atoms with E-state index in [0.717, 1.165) is 6.42 Å². The van der Waals surface area contributed by atoms with Gasteiger partial charge in [-0.05, 0) is 25.3 Å². The van der Waals surface area contributed by atoms with Gasteiger partial charge in [0.05, 0.1) is 6.61 Å². The number of esters is 1. The molecular formula is C14H17ClO3. The first kappa shape index (κ1) is 14.7. The lowest BCUT2D eigenvalue weighted by atomic mass is 10.1. The Morgan fingerprint density at radius 2 is 1.94 bits per heavy atom. The number of benzene rings is 1. The summed E-state index contributed by atoms with van der Waals surface area (Å²) in [5.41, 5.74) is 1.17. The predicted molar refractivity (Wildman–Crippen MR) is 70.7 cm³/mol. The van der Waals surface area contributed by atoms with Crippen molar-refractivity contribution in [3.8, 4) is 0 Å². The van der Waals surface area contributed by atoms with Crippen LogP contribution in [-0.4, -0.2) is 23.7 Å². The van der Waals surface area contributed by atoms with Crippen LogP contribution in [0.15, 0.2) is 30.3 Å². The van der Waals surface area contributed by atoms with Gasteiger partial charge in [-0.2, -0.15) is 0 Å². The number of carbonyl (C=O) groups is 2. The summed E-state index contributed by atoms with van der Waals surface area (Å²) >= 11 is 5.72. The molecule has 0 N–H and O–H groups in total. The molecule has 0 bridgehead atoms. The number of hydrogen-bond donors (Lipinski definition) is 0. The van der Waals surface area contributed by atoms with Gasteiger partial charge in [-0.1, -0.05) is 30.3 Å². The summed E-state index contributed by atoms with van der Waals surface area (Å²) in [5, 5.41) is -1.17. The third-order valence-corrected chi connectivity index (χ3v) is 2.93. The highest BCUT2D eigenvalue weighted by Crippen LogP contribution is 2.09. The van der Waals surface area contributed by atoms with Gasteiger partial charge >= 0.3 is 5.97 Å². The van der Waals surface area contributed by atoms with Crippen molar-refractivity contribution >= 4 is 23.4 Å². The summed E-state index contributed by atoms with van der Waals surface area (Å²) in [7, 11) is 0. The van der Waals surface area contributed by atoms with Gasteiger partial charge in [0, 0.05) is 6.42 Å². The Morgan fingerprint density at radius 1 is 1.28 bits per heavy atom. The molecule has 1 rings (SSSR count). The van der Waals surface area contributed by atoms with E-state index in [-0.39, 0.29) is 12.4 Å². The zero-order valence-corrected chi connectivity index (χ0v) is 11.2. The number of Topliss-reactive ketones (excluding diaryl/α,β-unsaturated/α-hetero) is 1. The van der Waals surface area contributed by atoms with E-state index in [2.05, 4.69) is 0 Å². The van der Waals surface area contributed by atoms with Crippen molar-refractivity contribution in [2.75, 3.05) is 6.61 Å². The van der Waals surface area contributed by atoms with E-state index in [1.54, 1.807) is 6.92 Å². The average molecular weight is 269 g/mol. The molecule has 4 heteroatoms. The third-order valence-electron chi connectivity index (χ3n) is 2.51. The molecule has 0 aliphatic carbocycles.